The van der Waals surface area contributed by atoms with Gasteiger partial charge in [0.25, 0.3) is 11.3 Å². The molecule has 194 valence electrons. The maximum Gasteiger partial charge on any atom is 0.312 e. The molecule has 1 amide bonds. The fourth-order valence-corrected chi connectivity index (χ4v) is 4.68. The minimum atomic E-state index is -2.49. The number of carbonyl (C=O) groups is 5. The number of nitrogens with zero attached hydrogens (tertiary/aromatic N) is 2. The molecule has 0 bridgehead atoms. The topological polar surface area (TPSA) is 202 Å². The molecule has 2 N–H and O–H groups in total. The first-order valence-electron chi connectivity index (χ1n) is 10.4. The van der Waals surface area contributed by atoms with Crippen LogP contribution in [0.3, 0.4) is 0 Å². The summed E-state index contributed by atoms with van der Waals surface area (Å²) in [5.74, 6) is -4.30. The molecule has 1 saturated heterocycles. The first-order valence-corrected chi connectivity index (χ1v) is 11.2. The van der Waals surface area contributed by atoms with Crippen LogP contribution in [0.2, 0.25) is 0 Å². The van der Waals surface area contributed by atoms with Crippen LogP contribution in [0.4, 0.5) is 5.95 Å². The summed E-state index contributed by atoms with van der Waals surface area (Å²) in [6.07, 6.45) is -4.63. The van der Waals surface area contributed by atoms with Crippen LogP contribution in [0.1, 0.15) is 34.6 Å². The van der Waals surface area contributed by atoms with Gasteiger partial charge in [0.2, 0.25) is 11.9 Å². The Labute approximate surface area is 205 Å². The summed E-state index contributed by atoms with van der Waals surface area (Å²) in [6, 6.07) is 0. The number of hydrogen-bond acceptors (Lipinski definition) is 13. The second-order valence-electron chi connectivity index (χ2n) is 7.77. The second-order valence-corrected chi connectivity index (χ2v) is 8.73. The SMILES string of the molecule is CC(=O)Nc1nc2c(sc(=O)n2[C@]2(C(C)=O)O[C@H](COC(C)=O)[C@@H](OC(C)=O)[C@H]2OC(C)=O)c(=O)[nH]1. The Morgan fingerprint density at radius 2 is 1.69 bits per heavy atom. The number of ketones is 1. The Morgan fingerprint density at radius 1 is 1.06 bits per heavy atom. The molecule has 2 aromatic heterocycles. The number of ether oxygens (including phenoxy) is 4. The molecule has 3 heterocycles. The molecule has 0 aromatic carbocycles. The van der Waals surface area contributed by atoms with Crippen LogP contribution in [0, 0.1) is 0 Å². The van der Waals surface area contributed by atoms with Crippen molar-refractivity contribution in [3.05, 3.63) is 20.0 Å². The van der Waals surface area contributed by atoms with Crippen LogP contribution in [-0.2, 0) is 48.6 Å². The number of aromatic nitrogens is 3. The van der Waals surface area contributed by atoms with Crippen molar-refractivity contribution in [3.8, 4) is 0 Å². The molecule has 36 heavy (non-hydrogen) atoms. The first-order chi connectivity index (χ1) is 16.8. The summed E-state index contributed by atoms with van der Waals surface area (Å²) in [5.41, 5.74) is -3.67. The van der Waals surface area contributed by atoms with Gasteiger partial charge < -0.3 is 18.9 Å². The van der Waals surface area contributed by atoms with Gasteiger partial charge in [-0.25, -0.2) is 4.57 Å². The van der Waals surface area contributed by atoms with Gasteiger partial charge in [0.05, 0.1) is 0 Å². The number of thiazole rings is 1. The molecular formula is C20H22N4O11S. The predicted octanol–water partition coefficient (Wildman–Crippen LogP) is -0.828. The monoisotopic (exact) mass is 526 g/mol. The Morgan fingerprint density at radius 3 is 2.22 bits per heavy atom. The van der Waals surface area contributed by atoms with Gasteiger partial charge in [-0.15, -0.1) is 0 Å². The molecule has 16 heteroatoms. The Balaban J connectivity index is 2.35. The average Bonchev–Trinajstić information content (AvgIpc) is 3.21. The number of fused-ring (bicyclic) bond motifs is 1. The van der Waals surface area contributed by atoms with E-state index in [1.165, 1.54) is 0 Å². The minimum Gasteiger partial charge on any atom is -0.463 e. The van der Waals surface area contributed by atoms with Crippen LogP contribution < -0.4 is 15.7 Å². The van der Waals surface area contributed by atoms with Gasteiger partial charge in [-0.05, 0) is 6.92 Å². The smallest absolute Gasteiger partial charge is 0.312 e. The van der Waals surface area contributed by atoms with Gasteiger partial charge in [0, 0.05) is 27.7 Å². The van der Waals surface area contributed by atoms with E-state index in [1.54, 1.807) is 0 Å². The quantitative estimate of drug-likeness (QED) is 0.335. The number of hydrogen-bond donors (Lipinski definition) is 2. The third-order valence-corrected chi connectivity index (χ3v) is 5.93. The average molecular weight is 526 g/mol. The first kappa shape index (κ1) is 26.7. The zero-order valence-corrected chi connectivity index (χ0v) is 20.5. The molecule has 0 saturated carbocycles. The van der Waals surface area contributed by atoms with E-state index in [0.29, 0.717) is 15.9 Å². The van der Waals surface area contributed by atoms with Crippen LogP contribution in [-0.4, -0.2) is 69.1 Å². The number of aromatic amines is 1. The number of nitrogens with one attached hydrogen (secondary N) is 2. The second kappa shape index (κ2) is 9.98. The predicted molar refractivity (Wildman–Crippen MR) is 120 cm³/mol. The number of Topliss-reactive ketones (excluding diaryl/α,β-unsaturated/α-hetero) is 1. The zero-order chi connectivity index (χ0) is 26.9. The summed E-state index contributed by atoms with van der Waals surface area (Å²) in [7, 11) is 0. The van der Waals surface area contributed by atoms with Gasteiger partial charge in [-0.3, -0.25) is 43.9 Å². The Kier molecular flexibility index (Phi) is 7.40. The highest BCUT2D eigenvalue weighted by atomic mass is 32.1. The lowest BCUT2D eigenvalue weighted by Gasteiger charge is -2.32. The largest absolute Gasteiger partial charge is 0.463 e. The molecule has 0 unspecified atom stereocenters. The van der Waals surface area contributed by atoms with Crippen molar-refractivity contribution in [1.29, 1.82) is 0 Å². The van der Waals surface area contributed by atoms with Crippen molar-refractivity contribution in [3.63, 3.8) is 0 Å². The Hall–Kier alpha value is -3.92. The molecule has 0 radical (unpaired) electrons. The van der Waals surface area contributed by atoms with E-state index in [-0.39, 0.29) is 16.3 Å². The van der Waals surface area contributed by atoms with Crippen molar-refractivity contribution >= 4 is 57.2 Å². The third-order valence-electron chi connectivity index (χ3n) is 5.00. The standard InChI is InChI=1S/C20H22N4O11S/c1-7(25)20(24-16-14(36-19(24)31)17(30)23-18(22-16)21-8(2)26)15(34-11(5)29)13(33-10(4)28)12(35-20)6-32-9(3)27/h12-13,15H,6H2,1-5H3,(H2,21,22,23,26,30)/t12-,13-,15-,20-/m1/s1. The summed E-state index contributed by atoms with van der Waals surface area (Å²) in [6.45, 7) is 4.81. The fourth-order valence-electron chi connectivity index (χ4n) is 3.82. The lowest BCUT2D eigenvalue weighted by Crippen LogP contribution is -2.56. The number of amides is 1. The van der Waals surface area contributed by atoms with E-state index in [9.17, 15) is 33.6 Å². The van der Waals surface area contributed by atoms with E-state index in [0.717, 1.165) is 34.6 Å². The fraction of sp³-hybridized carbons (Fsp3) is 0.500. The van der Waals surface area contributed by atoms with E-state index < -0.39 is 70.7 Å². The lowest BCUT2D eigenvalue weighted by molar-refractivity contribution is -0.186. The summed E-state index contributed by atoms with van der Waals surface area (Å²) < 4.78 is 22.0. The number of esters is 3. The van der Waals surface area contributed by atoms with Crippen molar-refractivity contribution in [1.82, 2.24) is 14.5 Å². The third kappa shape index (κ3) is 4.90. The van der Waals surface area contributed by atoms with Crippen LogP contribution >= 0.6 is 11.3 Å². The summed E-state index contributed by atoms with van der Waals surface area (Å²) in [4.78, 5) is 91.3. The van der Waals surface area contributed by atoms with Gasteiger partial charge in [-0.2, -0.15) is 4.98 Å². The maximum atomic E-state index is 13.2. The molecule has 1 aliphatic rings. The van der Waals surface area contributed by atoms with Gasteiger partial charge in [0.1, 0.15) is 17.4 Å². The van der Waals surface area contributed by atoms with E-state index >= 15 is 0 Å². The van der Waals surface area contributed by atoms with Gasteiger partial charge in [0.15, 0.2) is 23.6 Å². The molecule has 2 aromatic rings. The molecule has 0 aliphatic carbocycles. The highest BCUT2D eigenvalue weighted by Gasteiger charge is 2.64. The van der Waals surface area contributed by atoms with Crippen molar-refractivity contribution in [2.24, 2.45) is 0 Å². The highest BCUT2D eigenvalue weighted by molar-refractivity contribution is 7.16. The van der Waals surface area contributed by atoms with E-state index in [4.69, 9.17) is 18.9 Å². The summed E-state index contributed by atoms with van der Waals surface area (Å²) in [5, 5.41) is 2.27. The number of H-pyrrole nitrogens is 1. The molecule has 15 nitrogen and oxygen atoms in total. The molecule has 3 rings (SSSR count). The molecule has 0 spiro atoms. The molecule has 1 aliphatic heterocycles. The molecule has 1 fully saturated rings. The van der Waals surface area contributed by atoms with E-state index in [2.05, 4.69) is 15.3 Å². The van der Waals surface area contributed by atoms with Gasteiger partial charge >= 0.3 is 22.8 Å². The lowest BCUT2D eigenvalue weighted by atomic mass is 9.98. The van der Waals surface area contributed by atoms with Crippen LogP contribution in [0.25, 0.3) is 10.3 Å². The van der Waals surface area contributed by atoms with Crippen molar-refractivity contribution < 1.29 is 42.9 Å². The number of rotatable bonds is 7. The molecule has 4 atom stereocenters. The van der Waals surface area contributed by atoms with Crippen molar-refractivity contribution in [2.45, 2.75) is 58.7 Å². The summed E-state index contributed by atoms with van der Waals surface area (Å²) >= 11 is 0.414. The Bertz CT molecular complexity index is 1380. The molecular weight excluding hydrogens is 504 g/mol. The van der Waals surface area contributed by atoms with E-state index in [1.807, 2.05) is 0 Å². The highest BCUT2D eigenvalue weighted by Crippen LogP contribution is 2.41. The number of carbonyl (C=O) groups excluding carboxylic acids is 5. The normalized spacial score (nSPS) is 23.2. The number of anilines is 1. The van der Waals surface area contributed by atoms with Crippen LogP contribution in [0.5, 0.6) is 0 Å². The van der Waals surface area contributed by atoms with Crippen LogP contribution in [0.15, 0.2) is 9.59 Å². The maximum absolute atomic E-state index is 13.2. The van der Waals surface area contributed by atoms with Crippen molar-refractivity contribution in [2.75, 3.05) is 11.9 Å². The van der Waals surface area contributed by atoms with Gasteiger partial charge in [-0.1, -0.05) is 11.3 Å². The zero-order valence-electron chi connectivity index (χ0n) is 19.7. The minimum absolute atomic E-state index is 0.229.